The van der Waals surface area contributed by atoms with Gasteiger partial charge >= 0.3 is 0 Å². The molecule has 0 fully saturated rings. The van der Waals surface area contributed by atoms with Crippen LogP contribution in [0.3, 0.4) is 0 Å². The fraction of sp³-hybridized carbons (Fsp3) is 0.286. The lowest BCUT2D eigenvalue weighted by molar-refractivity contribution is 0.147. The summed E-state index contributed by atoms with van der Waals surface area (Å²) in [5.74, 6) is 1.07. The van der Waals surface area contributed by atoms with Crippen molar-refractivity contribution in [3.05, 3.63) is 47.9 Å². The maximum absolute atomic E-state index is 9.89. The molecule has 102 valence electrons. The summed E-state index contributed by atoms with van der Waals surface area (Å²) in [6, 6.07) is 8.74. The molecule has 1 aromatic carbocycles. The smallest absolute Gasteiger partial charge is 0.162 e. The summed E-state index contributed by atoms with van der Waals surface area (Å²) in [5, 5.41) is 22.8. The molecule has 3 N–H and O–H groups in total. The van der Waals surface area contributed by atoms with Gasteiger partial charge in [0, 0.05) is 18.7 Å². The Morgan fingerprint density at radius 2 is 2.16 bits per heavy atom. The number of para-hydroxylation sites is 1. The van der Waals surface area contributed by atoms with Crippen LogP contribution in [0.15, 0.2) is 41.0 Å². The van der Waals surface area contributed by atoms with Crippen LogP contribution in [0, 0.1) is 0 Å². The summed E-state index contributed by atoms with van der Waals surface area (Å²) in [6.07, 6.45) is 0.814. The highest BCUT2D eigenvalue weighted by atomic mass is 16.5. The molecular formula is C14H17NO4. The van der Waals surface area contributed by atoms with E-state index in [9.17, 15) is 10.2 Å². The number of furan rings is 1. The molecule has 0 aliphatic rings. The second-order valence-electron chi connectivity index (χ2n) is 4.13. The van der Waals surface area contributed by atoms with E-state index in [0.717, 1.165) is 0 Å². The van der Waals surface area contributed by atoms with Gasteiger partial charge in [-0.2, -0.15) is 0 Å². The SMILES string of the molecule is COc1cccc(CNCC(O)c2ccco2)c1O. The lowest BCUT2D eigenvalue weighted by atomic mass is 10.2. The van der Waals surface area contributed by atoms with Gasteiger partial charge in [-0.05, 0) is 18.2 Å². The summed E-state index contributed by atoms with van der Waals surface area (Å²) >= 11 is 0. The quantitative estimate of drug-likeness (QED) is 0.741. The van der Waals surface area contributed by atoms with Crippen LogP contribution in [0.25, 0.3) is 0 Å². The molecule has 19 heavy (non-hydrogen) atoms. The van der Waals surface area contributed by atoms with E-state index in [4.69, 9.17) is 9.15 Å². The van der Waals surface area contributed by atoms with Crippen molar-refractivity contribution < 1.29 is 19.4 Å². The molecule has 0 spiro atoms. The second kappa shape index (κ2) is 6.26. The summed E-state index contributed by atoms with van der Waals surface area (Å²) in [6.45, 7) is 0.769. The maximum Gasteiger partial charge on any atom is 0.162 e. The van der Waals surface area contributed by atoms with Crippen LogP contribution >= 0.6 is 0 Å². The van der Waals surface area contributed by atoms with Crippen molar-refractivity contribution in [3.63, 3.8) is 0 Å². The summed E-state index contributed by atoms with van der Waals surface area (Å²) in [4.78, 5) is 0. The van der Waals surface area contributed by atoms with Gasteiger partial charge in [0.2, 0.25) is 0 Å². The monoisotopic (exact) mass is 263 g/mol. The largest absolute Gasteiger partial charge is 0.504 e. The van der Waals surface area contributed by atoms with Crippen LogP contribution in [-0.4, -0.2) is 23.9 Å². The maximum atomic E-state index is 9.89. The van der Waals surface area contributed by atoms with Gasteiger partial charge in [0.1, 0.15) is 11.9 Å². The number of rotatable bonds is 6. The van der Waals surface area contributed by atoms with Gasteiger partial charge in [-0.3, -0.25) is 0 Å². The van der Waals surface area contributed by atoms with Gasteiger partial charge in [-0.15, -0.1) is 0 Å². The highest BCUT2D eigenvalue weighted by molar-refractivity contribution is 5.45. The number of methoxy groups -OCH3 is 1. The molecule has 5 nitrogen and oxygen atoms in total. The summed E-state index contributed by atoms with van der Waals surface area (Å²) < 4.78 is 10.1. The van der Waals surface area contributed by atoms with E-state index in [1.165, 1.54) is 13.4 Å². The Morgan fingerprint density at radius 1 is 1.32 bits per heavy atom. The Bertz CT molecular complexity index is 510. The first-order chi connectivity index (χ1) is 9.22. The van der Waals surface area contributed by atoms with Crippen molar-refractivity contribution in [3.8, 4) is 11.5 Å². The number of phenols is 1. The highest BCUT2D eigenvalue weighted by Crippen LogP contribution is 2.29. The van der Waals surface area contributed by atoms with E-state index in [1.54, 1.807) is 30.3 Å². The summed E-state index contributed by atoms with van der Waals surface area (Å²) in [5.41, 5.74) is 0.714. The molecule has 0 aliphatic heterocycles. The molecule has 0 bridgehead atoms. The first kappa shape index (κ1) is 13.5. The second-order valence-corrected chi connectivity index (χ2v) is 4.13. The Hall–Kier alpha value is -1.98. The van der Waals surface area contributed by atoms with Crippen LogP contribution in [-0.2, 0) is 6.54 Å². The summed E-state index contributed by atoms with van der Waals surface area (Å²) in [7, 11) is 1.51. The van der Waals surface area contributed by atoms with E-state index >= 15 is 0 Å². The van der Waals surface area contributed by atoms with Crippen LogP contribution in [0.5, 0.6) is 11.5 Å². The minimum Gasteiger partial charge on any atom is -0.504 e. The zero-order valence-corrected chi connectivity index (χ0v) is 10.7. The Morgan fingerprint density at radius 3 is 2.84 bits per heavy atom. The molecule has 0 saturated carbocycles. The van der Waals surface area contributed by atoms with Gasteiger partial charge in [0.15, 0.2) is 11.5 Å². The standard InChI is InChI=1S/C14H17NO4/c1-18-13-5-2-4-10(14(13)17)8-15-9-11(16)12-6-3-7-19-12/h2-7,11,15-17H,8-9H2,1H3. The molecule has 2 aromatic rings. The molecule has 1 unspecified atom stereocenters. The number of hydrogen-bond donors (Lipinski definition) is 3. The average Bonchev–Trinajstić information content (AvgIpc) is 2.94. The van der Waals surface area contributed by atoms with Gasteiger partial charge in [0.25, 0.3) is 0 Å². The van der Waals surface area contributed by atoms with E-state index in [1.807, 2.05) is 0 Å². The zero-order chi connectivity index (χ0) is 13.7. The third kappa shape index (κ3) is 3.27. The molecule has 1 atom stereocenters. The average molecular weight is 263 g/mol. The number of ether oxygens (including phenoxy) is 1. The number of hydrogen-bond acceptors (Lipinski definition) is 5. The van der Waals surface area contributed by atoms with Crippen molar-refractivity contribution in [1.82, 2.24) is 5.32 Å². The first-order valence-electron chi connectivity index (χ1n) is 5.99. The predicted molar refractivity (Wildman–Crippen MR) is 70.0 cm³/mol. The molecule has 1 heterocycles. The van der Waals surface area contributed by atoms with Gasteiger partial charge in [0.05, 0.1) is 13.4 Å². The van der Waals surface area contributed by atoms with Gasteiger partial charge in [-0.25, -0.2) is 0 Å². The van der Waals surface area contributed by atoms with E-state index < -0.39 is 6.10 Å². The number of phenolic OH excluding ortho intramolecular Hbond substituents is 1. The normalized spacial score (nSPS) is 12.3. The highest BCUT2D eigenvalue weighted by Gasteiger charge is 2.11. The minimum atomic E-state index is -0.706. The molecular weight excluding hydrogens is 246 g/mol. The number of aliphatic hydroxyl groups is 1. The Balaban J connectivity index is 1.89. The minimum absolute atomic E-state index is 0.116. The predicted octanol–water partition coefficient (Wildman–Crippen LogP) is 1.82. The lowest BCUT2D eigenvalue weighted by Crippen LogP contribution is -2.20. The molecule has 0 radical (unpaired) electrons. The first-order valence-corrected chi connectivity index (χ1v) is 5.99. The number of aromatic hydroxyl groups is 1. The molecule has 0 saturated heterocycles. The van der Waals surface area contributed by atoms with Crippen LogP contribution in [0.4, 0.5) is 0 Å². The molecule has 0 aliphatic carbocycles. The molecule has 2 rings (SSSR count). The van der Waals surface area contributed by atoms with E-state index in [0.29, 0.717) is 30.2 Å². The third-order valence-electron chi connectivity index (χ3n) is 2.83. The number of nitrogens with one attached hydrogen (secondary N) is 1. The lowest BCUT2D eigenvalue weighted by Gasteiger charge is -2.11. The Kier molecular flexibility index (Phi) is 4.43. The van der Waals surface area contributed by atoms with E-state index in [2.05, 4.69) is 5.32 Å². The van der Waals surface area contributed by atoms with Crippen LogP contribution in [0.2, 0.25) is 0 Å². The van der Waals surface area contributed by atoms with E-state index in [-0.39, 0.29) is 5.75 Å². The van der Waals surface area contributed by atoms with Crippen molar-refractivity contribution in [1.29, 1.82) is 0 Å². The van der Waals surface area contributed by atoms with Crippen molar-refractivity contribution in [2.45, 2.75) is 12.6 Å². The zero-order valence-electron chi connectivity index (χ0n) is 10.7. The van der Waals surface area contributed by atoms with Gasteiger partial charge in [-0.1, -0.05) is 12.1 Å². The third-order valence-corrected chi connectivity index (χ3v) is 2.83. The van der Waals surface area contributed by atoms with Crippen LogP contribution < -0.4 is 10.1 Å². The van der Waals surface area contributed by atoms with Gasteiger partial charge < -0.3 is 24.7 Å². The number of aliphatic hydroxyl groups excluding tert-OH is 1. The van der Waals surface area contributed by atoms with Crippen LogP contribution in [0.1, 0.15) is 17.4 Å². The fourth-order valence-electron chi connectivity index (χ4n) is 1.80. The molecule has 5 heteroatoms. The fourth-order valence-corrected chi connectivity index (χ4v) is 1.80. The van der Waals surface area contributed by atoms with Crippen molar-refractivity contribution in [2.24, 2.45) is 0 Å². The molecule has 0 amide bonds. The topological polar surface area (TPSA) is 74.9 Å². The van der Waals surface area contributed by atoms with Crippen molar-refractivity contribution in [2.75, 3.05) is 13.7 Å². The number of benzene rings is 1. The molecule has 1 aromatic heterocycles. The Labute approximate surface area is 111 Å². The van der Waals surface area contributed by atoms with Crippen molar-refractivity contribution >= 4 is 0 Å².